The summed E-state index contributed by atoms with van der Waals surface area (Å²) in [7, 11) is 0. The summed E-state index contributed by atoms with van der Waals surface area (Å²) in [5.41, 5.74) is 0. The van der Waals surface area contributed by atoms with E-state index in [9.17, 15) is 0 Å². The van der Waals surface area contributed by atoms with Crippen LogP contribution in [0.1, 0.15) is 0 Å². The van der Waals surface area contributed by atoms with Gasteiger partial charge in [-0.25, -0.2) is 0 Å². The van der Waals surface area contributed by atoms with Crippen LogP contribution in [0, 0.1) is 0 Å². The Labute approximate surface area is 87.8 Å². The Morgan fingerprint density at radius 1 is 0.800 bits per heavy atom. The molecule has 0 atom stereocenters. The molecule has 0 aliphatic heterocycles. The van der Waals surface area contributed by atoms with Gasteiger partial charge in [0, 0.05) is 0 Å². The van der Waals surface area contributed by atoms with Crippen molar-refractivity contribution in [1.82, 2.24) is 0 Å². The average Bonchev–Trinajstić information content (AvgIpc) is 1.69. The fourth-order valence-corrected chi connectivity index (χ4v) is 0.789. The molecule has 4 heteroatoms. The molecule has 0 unspecified atom stereocenters. The van der Waals surface area contributed by atoms with Crippen molar-refractivity contribution in [3.05, 3.63) is 30.3 Å². The molecule has 0 aromatic heterocycles. The molecule has 60 valence electrons. The summed E-state index contributed by atoms with van der Waals surface area (Å²) in [6.45, 7) is 0. The first kappa shape index (κ1) is 16.9. The molecule has 0 spiro atoms. The van der Waals surface area contributed by atoms with Crippen LogP contribution in [0.5, 0.6) is 0 Å². The van der Waals surface area contributed by atoms with Crippen molar-refractivity contribution >= 4 is 57.7 Å². The average molecular weight is 266 g/mol. The van der Waals surface area contributed by atoms with Crippen molar-refractivity contribution in [3.63, 3.8) is 0 Å². The summed E-state index contributed by atoms with van der Waals surface area (Å²) in [5, 5.41) is 0. The van der Waals surface area contributed by atoms with E-state index in [-0.39, 0.29) is 37.2 Å². The second kappa shape index (κ2) is 9.61. The van der Waals surface area contributed by atoms with Crippen LogP contribution in [-0.4, -0.2) is 16.0 Å². The second-order valence-corrected chi connectivity index (χ2v) is 2.42. The third kappa shape index (κ3) is 6.73. The molecule has 0 N–H and O–H groups in total. The van der Waals surface area contributed by atoms with E-state index in [1.165, 1.54) is 4.46 Å². The van der Waals surface area contributed by atoms with Crippen LogP contribution in [0.4, 0.5) is 0 Å². The predicted octanol–water partition coefficient (Wildman–Crippen LogP) is 1.48. The Morgan fingerprint density at radius 2 is 1.20 bits per heavy atom. The third-order valence-electron chi connectivity index (χ3n) is 0.756. The van der Waals surface area contributed by atoms with Gasteiger partial charge in [-0.3, -0.25) is 0 Å². The number of benzene rings is 1. The van der Waals surface area contributed by atoms with Crippen LogP contribution in [0.3, 0.4) is 0 Å². The molecular formula is C6H9Cl3Se. The van der Waals surface area contributed by atoms with E-state index in [1.807, 2.05) is 18.2 Å². The van der Waals surface area contributed by atoms with Gasteiger partial charge in [-0.05, 0) is 0 Å². The first-order valence-electron chi connectivity index (χ1n) is 2.13. The molecule has 0 aliphatic carbocycles. The monoisotopic (exact) mass is 266 g/mol. The Morgan fingerprint density at radius 3 is 1.40 bits per heavy atom. The molecule has 0 heterocycles. The van der Waals surface area contributed by atoms with Gasteiger partial charge in [0.1, 0.15) is 0 Å². The van der Waals surface area contributed by atoms with Crippen molar-refractivity contribution in [2.45, 2.75) is 0 Å². The Kier molecular flexibility index (Phi) is 16.3. The molecule has 0 aliphatic rings. The van der Waals surface area contributed by atoms with Crippen LogP contribution >= 0.6 is 37.2 Å². The first-order chi connectivity index (χ1) is 3.39. The molecular weight excluding hydrogens is 257 g/mol. The van der Waals surface area contributed by atoms with Crippen molar-refractivity contribution < 1.29 is 0 Å². The van der Waals surface area contributed by atoms with Gasteiger partial charge in [0.2, 0.25) is 0 Å². The van der Waals surface area contributed by atoms with Crippen LogP contribution in [0.2, 0.25) is 0 Å². The van der Waals surface area contributed by atoms with Gasteiger partial charge in [-0.15, -0.1) is 37.2 Å². The van der Waals surface area contributed by atoms with E-state index in [4.69, 9.17) is 0 Å². The van der Waals surface area contributed by atoms with Crippen LogP contribution in [0.15, 0.2) is 30.3 Å². The van der Waals surface area contributed by atoms with Gasteiger partial charge in [-0.1, -0.05) is 0 Å². The molecule has 0 saturated carbocycles. The first-order valence-corrected chi connectivity index (χ1v) is 3.07. The summed E-state index contributed by atoms with van der Waals surface area (Å²) >= 11 is 2.49. The predicted molar refractivity (Wildman–Crippen MR) is 55.0 cm³/mol. The zero-order valence-electron chi connectivity index (χ0n) is 5.06. The third-order valence-corrected chi connectivity index (χ3v) is 1.38. The molecule has 0 saturated heterocycles. The standard InChI is InChI=1S/C6H6Se.3ClH/c7-6-4-2-1-3-5-6;;;/h1-5,7H;3*1H. The second-order valence-electron chi connectivity index (χ2n) is 1.34. The summed E-state index contributed by atoms with van der Waals surface area (Å²) in [4.78, 5) is 0. The van der Waals surface area contributed by atoms with Crippen LogP contribution in [0.25, 0.3) is 0 Å². The van der Waals surface area contributed by atoms with Crippen LogP contribution < -0.4 is 4.46 Å². The van der Waals surface area contributed by atoms with Gasteiger partial charge in [0.25, 0.3) is 0 Å². The summed E-state index contributed by atoms with van der Waals surface area (Å²) in [6, 6.07) is 10.2. The molecule has 1 aromatic carbocycles. The van der Waals surface area contributed by atoms with Gasteiger partial charge in [-0.2, -0.15) is 0 Å². The molecule has 0 bridgehead atoms. The van der Waals surface area contributed by atoms with E-state index < -0.39 is 0 Å². The van der Waals surface area contributed by atoms with Crippen molar-refractivity contribution in [1.29, 1.82) is 0 Å². The number of hydrogen-bond donors (Lipinski definition) is 0. The molecule has 0 fully saturated rings. The fourth-order valence-electron chi connectivity index (χ4n) is 0.428. The number of hydrogen-bond acceptors (Lipinski definition) is 0. The minimum absolute atomic E-state index is 0. The van der Waals surface area contributed by atoms with Crippen molar-refractivity contribution in [2.24, 2.45) is 0 Å². The van der Waals surface area contributed by atoms with Gasteiger partial charge >= 0.3 is 50.8 Å². The maximum absolute atomic E-state index is 2.49. The quantitative estimate of drug-likeness (QED) is 0.624. The Balaban J connectivity index is -0.000000163. The molecule has 0 radical (unpaired) electrons. The molecule has 0 nitrogen and oxygen atoms in total. The van der Waals surface area contributed by atoms with E-state index in [0.29, 0.717) is 0 Å². The number of rotatable bonds is 0. The van der Waals surface area contributed by atoms with E-state index in [1.54, 1.807) is 0 Å². The molecule has 1 aromatic rings. The van der Waals surface area contributed by atoms with Crippen molar-refractivity contribution in [3.8, 4) is 0 Å². The summed E-state index contributed by atoms with van der Waals surface area (Å²) in [5.74, 6) is 0. The van der Waals surface area contributed by atoms with E-state index in [2.05, 4.69) is 28.1 Å². The van der Waals surface area contributed by atoms with Gasteiger partial charge in [0.15, 0.2) is 0 Å². The fraction of sp³-hybridized carbons (Fsp3) is 0. The zero-order chi connectivity index (χ0) is 5.11. The molecule has 1 rings (SSSR count). The van der Waals surface area contributed by atoms with Gasteiger partial charge in [0.05, 0.1) is 0 Å². The topological polar surface area (TPSA) is 0 Å². The SMILES string of the molecule is Cl.Cl.Cl.[SeH]c1ccccc1. The Hall–Kier alpha value is 0.609. The zero-order valence-corrected chi connectivity index (χ0v) is 9.38. The summed E-state index contributed by atoms with van der Waals surface area (Å²) in [6.07, 6.45) is 0. The minimum atomic E-state index is 0. The normalized spacial score (nSPS) is 6.10. The van der Waals surface area contributed by atoms with E-state index >= 15 is 0 Å². The Bertz CT molecular complexity index is 143. The molecule has 10 heavy (non-hydrogen) atoms. The molecule has 0 amide bonds. The number of halogens is 3. The van der Waals surface area contributed by atoms with Crippen molar-refractivity contribution in [2.75, 3.05) is 0 Å². The van der Waals surface area contributed by atoms with Crippen LogP contribution in [-0.2, 0) is 0 Å². The van der Waals surface area contributed by atoms with E-state index in [0.717, 1.165) is 0 Å². The summed E-state index contributed by atoms with van der Waals surface area (Å²) < 4.78 is 1.26. The van der Waals surface area contributed by atoms with Gasteiger partial charge < -0.3 is 0 Å². The maximum atomic E-state index is 2.49.